The van der Waals surface area contributed by atoms with Gasteiger partial charge in [0.15, 0.2) is 0 Å². The smallest absolute Gasteiger partial charge is 0.222 e. The number of aromatic hydroxyl groups is 1. The Hall–Kier alpha value is -2.40. The number of hydrogen-bond donors (Lipinski definition) is 1. The molecule has 25 heavy (non-hydrogen) atoms. The van der Waals surface area contributed by atoms with Crippen LogP contribution in [0, 0.1) is 5.82 Å². The molecule has 4 nitrogen and oxygen atoms in total. The highest BCUT2D eigenvalue weighted by Crippen LogP contribution is 2.18. The number of halogens is 1. The summed E-state index contributed by atoms with van der Waals surface area (Å²) in [5.74, 6) is 0.160. The summed E-state index contributed by atoms with van der Waals surface area (Å²) in [4.78, 5) is 16.5. The van der Waals surface area contributed by atoms with Gasteiger partial charge in [-0.3, -0.25) is 9.69 Å². The van der Waals surface area contributed by atoms with Crippen molar-refractivity contribution in [3.05, 3.63) is 65.5 Å². The van der Waals surface area contributed by atoms with E-state index in [1.165, 1.54) is 12.1 Å². The summed E-state index contributed by atoms with van der Waals surface area (Å²) in [6, 6.07) is 13.7. The Morgan fingerprint density at radius 3 is 2.36 bits per heavy atom. The van der Waals surface area contributed by atoms with Crippen molar-refractivity contribution in [3.8, 4) is 5.75 Å². The first-order valence-electron chi connectivity index (χ1n) is 8.63. The Kier molecular flexibility index (Phi) is 5.66. The predicted octanol–water partition coefficient (Wildman–Crippen LogP) is 2.81. The molecule has 0 radical (unpaired) electrons. The van der Waals surface area contributed by atoms with Gasteiger partial charge in [-0.25, -0.2) is 4.39 Å². The average Bonchev–Trinajstić information content (AvgIpc) is 2.63. The summed E-state index contributed by atoms with van der Waals surface area (Å²) < 4.78 is 13.0. The molecule has 1 N–H and O–H groups in total. The van der Waals surface area contributed by atoms with Crippen molar-refractivity contribution in [3.63, 3.8) is 0 Å². The maximum Gasteiger partial charge on any atom is 0.222 e. The van der Waals surface area contributed by atoms with E-state index in [2.05, 4.69) is 4.90 Å². The molecule has 5 heteroatoms. The van der Waals surface area contributed by atoms with Gasteiger partial charge in [0, 0.05) is 39.1 Å². The fourth-order valence-corrected chi connectivity index (χ4v) is 3.13. The summed E-state index contributed by atoms with van der Waals surface area (Å²) in [6.45, 7) is 3.83. The highest BCUT2D eigenvalue weighted by Gasteiger charge is 2.21. The van der Waals surface area contributed by atoms with Gasteiger partial charge >= 0.3 is 0 Å². The Labute approximate surface area is 147 Å². The van der Waals surface area contributed by atoms with E-state index in [1.54, 1.807) is 24.3 Å². The van der Waals surface area contributed by atoms with Gasteiger partial charge in [-0.2, -0.15) is 0 Å². The predicted molar refractivity (Wildman–Crippen MR) is 94.7 cm³/mol. The van der Waals surface area contributed by atoms with Crippen molar-refractivity contribution in [1.82, 2.24) is 9.80 Å². The van der Waals surface area contributed by atoms with Gasteiger partial charge in [0.05, 0.1) is 0 Å². The Morgan fingerprint density at radius 1 is 1.00 bits per heavy atom. The second-order valence-electron chi connectivity index (χ2n) is 6.41. The molecule has 0 spiro atoms. The number of aryl methyl sites for hydroxylation is 1. The van der Waals surface area contributed by atoms with E-state index in [1.807, 2.05) is 17.0 Å². The van der Waals surface area contributed by atoms with E-state index in [-0.39, 0.29) is 17.5 Å². The molecule has 132 valence electrons. The SMILES string of the molecule is O=C(CCc1ccccc1O)N1CCN(Cc2ccc(F)cc2)CC1. The molecule has 1 aliphatic heterocycles. The van der Waals surface area contributed by atoms with E-state index >= 15 is 0 Å². The fraction of sp³-hybridized carbons (Fsp3) is 0.350. The first kappa shape index (κ1) is 17.4. The number of amides is 1. The number of para-hydroxylation sites is 1. The summed E-state index contributed by atoms with van der Waals surface area (Å²) in [7, 11) is 0. The van der Waals surface area contributed by atoms with Gasteiger partial charge in [-0.15, -0.1) is 0 Å². The quantitative estimate of drug-likeness (QED) is 0.909. The lowest BCUT2D eigenvalue weighted by Gasteiger charge is -2.34. The minimum atomic E-state index is -0.219. The van der Waals surface area contributed by atoms with Crippen LogP contribution in [0.5, 0.6) is 5.75 Å². The van der Waals surface area contributed by atoms with Crippen LogP contribution in [0.25, 0.3) is 0 Å². The molecule has 1 amide bonds. The molecule has 0 atom stereocenters. The van der Waals surface area contributed by atoms with Gasteiger partial charge < -0.3 is 10.0 Å². The van der Waals surface area contributed by atoms with Crippen molar-refractivity contribution in [1.29, 1.82) is 0 Å². The van der Waals surface area contributed by atoms with Gasteiger partial charge in [0.1, 0.15) is 11.6 Å². The molecule has 0 bridgehead atoms. The Balaban J connectivity index is 1.44. The molecule has 0 unspecified atom stereocenters. The summed E-state index contributed by atoms with van der Waals surface area (Å²) in [5, 5.41) is 9.77. The number of carbonyl (C=O) groups is 1. The lowest BCUT2D eigenvalue weighted by molar-refractivity contribution is -0.133. The number of benzene rings is 2. The van der Waals surface area contributed by atoms with Gasteiger partial charge in [-0.05, 0) is 35.7 Å². The number of rotatable bonds is 5. The molecular weight excluding hydrogens is 319 g/mol. The van der Waals surface area contributed by atoms with Crippen molar-refractivity contribution in [2.24, 2.45) is 0 Å². The standard InChI is InChI=1S/C20H23FN2O2/c21-18-8-5-16(6-9-18)15-22-11-13-23(14-12-22)20(25)10-7-17-3-1-2-4-19(17)24/h1-6,8-9,24H,7,10-15H2. The molecule has 2 aromatic rings. The van der Waals surface area contributed by atoms with Crippen LogP contribution in [-0.2, 0) is 17.8 Å². The number of piperazine rings is 1. The maximum atomic E-state index is 13.0. The molecule has 2 aromatic carbocycles. The second-order valence-corrected chi connectivity index (χ2v) is 6.41. The van der Waals surface area contributed by atoms with E-state index in [4.69, 9.17) is 0 Å². The van der Waals surface area contributed by atoms with Crippen molar-refractivity contribution >= 4 is 5.91 Å². The van der Waals surface area contributed by atoms with Crippen LogP contribution in [0.4, 0.5) is 4.39 Å². The van der Waals surface area contributed by atoms with E-state index in [0.29, 0.717) is 25.9 Å². The zero-order valence-electron chi connectivity index (χ0n) is 14.2. The zero-order valence-corrected chi connectivity index (χ0v) is 14.2. The van der Waals surface area contributed by atoms with Crippen LogP contribution in [0.1, 0.15) is 17.5 Å². The average molecular weight is 342 g/mol. The maximum absolute atomic E-state index is 13.0. The minimum Gasteiger partial charge on any atom is -0.508 e. The normalized spacial score (nSPS) is 15.3. The Bertz CT molecular complexity index is 710. The van der Waals surface area contributed by atoms with Gasteiger partial charge in [0.2, 0.25) is 5.91 Å². The highest BCUT2D eigenvalue weighted by atomic mass is 19.1. The molecule has 3 rings (SSSR count). The molecule has 1 heterocycles. The number of hydrogen-bond acceptors (Lipinski definition) is 3. The van der Waals surface area contributed by atoms with Crippen LogP contribution < -0.4 is 0 Å². The monoisotopic (exact) mass is 342 g/mol. The van der Waals surface area contributed by atoms with Gasteiger partial charge in [-0.1, -0.05) is 30.3 Å². The van der Waals surface area contributed by atoms with E-state index < -0.39 is 0 Å². The van der Waals surface area contributed by atoms with Crippen LogP contribution >= 0.6 is 0 Å². The topological polar surface area (TPSA) is 43.8 Å². The molecule has 0 aliphatic carbocycles. The van der Waals surface area contributed by atoms with Crippen molar-refractivity contribution in [2.75, 3.05) is 26.2 Å². The molecule has 0 saturated carbocycles. The first-order chi connectivity index (χ1) is 12.1. The lowest BCUT2D eigenvalue weighted by Crippen LogP contribution is -2.48. The van der Waals surface area contributed by atoms with Crippen LogP contribution in [0.2, 0.25) is 0 Å². The third-order valence-electron chi connectivity index (χ3n) is 4.64. The highest BCUT2D eigenvalue weighted by molar-refractivity contribution is 5.76. The summed E-state index contributed by atoms with van der Waals surface area (Å²) in [5.41, 5.74) is 1.89. The van der Waals surface area contributed by atoms with Crippen molar-refractivity contribution in [2.45, 2.75) is 19.4 Å². The summed E-state index contributed by atoms with van der Waals surface area (Å²) >= 11 is 0. The minimum absolute atomic E-state index is 0.129. The molecular formula is C20H23FN2O2. The third kappa shape index (κ3) is 4.79. The Morgan fingerprint density at radius 2 is 1.68 bits per heavy atom. The number of phenols is 1. The third-order valence-corrected chi connectivity index (χ3v) is 4.64. The van der Waals surface area contributed by atoms with E-state index in [9.17, 15) is 14.3 Å². The molecule has 1 aliphatic rings. The fourth-order valence-electron chi connectivity index (χ4n) is 3.13. The van der Waals surface area contributed by atoms with Crippen LogP contribution in [0.3, 0.4) is 0 Å². The number of nitrogens with zero attached hydrogens (tertiary/aromatic N) is 2. The second kappa shape index (κ2) is 8.12. The summed E-state index contributed by atoms with van der Waals surface area (Å²) in [6.07, 6.45) is 0.969. The molecule has 1 saturated heterocycles. The zero-order chi connectivity index (χ0) is 17.6. The van der Waals surface area contributed by atoms with Crippen LogP contribution in [0.15, 0.2) is 48.5 Å². The van der Waals surface area contributed by atoms with Crippen molar-refractivity contribution < 1.29 is 14.3 Å². The van der Waals surface area contributed by atoms with Gasteiger partial charge in [0.25, 0.3) is 0 Å². The molecule has 0 aromatic heterocycles. The number of phenolic OH excluding ortho intramolecular Hbond substituents is 1. The largest absolute Gasteiger partial charge is 0.508 e. The number of carbonyl (C=O) groups excluding carboxylic acids is 1. The van der Waals surface area contributed by atoms with Crippen LogP contribution in [-0.4, -0.2) is 47.0 Å². The first-order valence-corrected chi connectivity index (χ1v) is 8.63. The lowest BCUT2D eigenvalue weighted by atomic mass is 10.1. The molecule has 1 fully saturated rings. The van der Waals surface area contributed by atoms with E-state index in [0.717, 1.165) is 30.8 Å².